The lowest BCUT2D eigenvalue weighted by atomic mass is 9.85. The van der Waals surface area contributed by atoms with E-state index >= 15 is 0 Å². The van der Waals surface area contributed by atoms with Gasteiger partial charge in [0.2, 0.25) is 0 Å². The average Bonchev–Trinajstić information content (AvgIpc) is 2.91. The number of hydrogen-bond donors (Lipinski definition) is 1. The van der Waals surface area contributed by atoms with Crippen LogP contribution < -0.4 is 5.32 Å². The van der Waals surface area contributed by atoms with Gasteiger partial charge in [-0.25, -0.2) is 4.98 Å². The Balaban J connectivity index is 1.88. The van der Waals surface area contributed by atoms with Crippen LogP contribution in [0.15, 0.2) is 18.2 Å². The van der Waals surface area contributed by atoms with E-state index in [9.17, 15) is 4.79 Å². The Morgan fingerprint density at radius 2 is 2.21 bits per heavy atom. The van der Waals surface area contributed by atoms with Crippen molar-refractivity contribution in [3.05, 3.63) is 29.6 Å². The first kappa shape index (κ1) is 12.6. The molecule has 2 atom stereocenters. The molecule has 2 saturated heterocycles. The highest BCUT2D eigenvalue weighted by Gasteiger charge is 2.51. The summed E-state index contributed by atoms with van der Waals surface area (Å²) >= 11 is 0. The first-order valence-corrected chi connectivity index (χ1v) is 6.96. The Bertz CT molecular complexity index is 512. The lowest BCUT2D eigenvalue weighted by Gasteiger charge is -2.35. The molecule has 3 heterocycles. The van der Waals surface area contributed by atoms with Gasteiger partial charge in [0.15, 0.2) is 0 Å². The van der Waals surface area contributed by atoms with Gasteiger partial charge in [0, 0.05) is 30.9 Å². The normalized spacial score (nSPS) is 28.5. The molecule has 3 rings (SSSR count). The predicted octanol–water partition coefficient (Wildman–Crippen LogP) is 1.46. The maximum atomic E-state index is 12.7. The van der Waals surface area contributed by atoms with E-state index in [1.54, 1.807) is 0 Å². The fourth-order valence-corrected chi connectivity index (χ4v) is 3.57. The molecule has 1 amide bonds. The van der Waals surface area contributed by atoms with Gasteiger partial charge in [0.25, 0.3) is 5.91 Å². The molecular weight excluding hydrogens is 238 g/mol. The van der Waals surface area contributed by atoms with Gasteiger partial charge in [0.05, 0.1) is 0 Å². The molecule has 4 heteroatoms. The molecule has 2 unspecified atom stereocenters. The summed E-state index contributed by atoms with van der Waals surface area (Å²) in [7, 11) is 0. The Labute approximate surface area is 114 Å². The van der Waals surface area contributed by atoms with Gasteiger partial charge in [-0.15, -0.1) is 0 Å². The molecule has 0 aliphatic carbocycles. The van der Waals surface area contributed by atoms with Crippen molar-refractivity contribution in [1.82, 2.24) is 15.2 Å². The molecule has 0 saturated carbocycles. The minimum atomic E-state index is -0.0866. The second-order valence-electron chi connectivity index (χ2n) is 6.26. The summed E-state index contributed by atoms with van der Waals surface area (Å²) in [6, 6.07) is 5.64. The van der Waals surface area contributed by atoms with Crippen molar-refractivity contribution in [3.8, 4) is 0 Å². The number of nitrogens with zero attached hydrogens (tertiary/aromatic N) is 2. The first-order valence-electron chi connectivity index (χ1n) is 6.96. The first-order chi connectivity index (χ1) is 9.00. The van der Waals surface area contributed by atoms with E-state index in [1.165, 1.54) is 0 Å². The standard InChI is InChI=1S/C15H21N3O/c1-10-5-4-6-13(17-10)14(19)18-9-11-7-16-8-12(11)15(18,2)3/h4-6,11-12,16H,7-9H2,1-3H3. The maximum Gasteiger partial charge on any atom is 0.272 e. The molecule has 19 heavy (non-hydrogen) atoms. The van der Waals surface area contributed by atoms with Crippen molar-refractivity contribution in [3.63, 3.8) is 0 Å². The summed E-state index contributed by atoms with van der Waals surface area (Å²) in [4.78, 5) is 19.1. The molecule has 0 aromatic carbocycles. The molecule has 0 bridgehead atoms. The molecule has 2 fully saturated rings. The molecular formula is C15H21N3O. The van der Waals surface area contributed by atoms with E-state index in [4.69, 9.17) is 0 Å². The minimum Gasteiger partial charge on any atom is -0.332 e. The van der Waals surface area contributed by atoms with Crippen LogP contribution in [0.4, 0.5) is 0 Å². The fraction of sp³-hybridized carbons (Fsp3) is 0.600. The second kappa shape index (κ2) is 4.30. The zero-order valence-electron chi connectivity index (χ0n) is 11.8. The summed E-state index contributed by atoms with van der Waals surface area (Å²) < 4.78 is 0. The molecule has 1 aromatic rings. The smallest absolute Gasteiger partial charge is 0.272 e. The summed E-state index contributed by atoms with van der Waals surface area (Å²) in [5.74, 6) is 1.22. The number of aromatic nitrogens is 1. The fourth-order valence-electron chi connectivity index (χ4n) is 3.57. The van der Waals surface area contributed by atoms with E-state index in [-0.39, 0.29) is 11.4 Å². The van der Waals surface area contributed by atoms with Crippen molar-refractivity contribution in [1.29, 1.82) is 0 Å². The lowest BCUT2D eigenvalue weighted by molar-refractivity contribution is 0.0597. The summed E-state index contributed by atoms with van der Waals surface area (Å²) in [6.07, 6.45) is 0. The van der Waals surface area contributed by atoms with Crippen LogP contribution in [-0.4, -0.2) is 41.0 Å². The third-order valence-electron chi connectivity index (χ3n) is 4.71. The molecule has 2 aliphatic rings. The molecule has 0 spiro atoms. The Morgan fingerprint density at radius 1 is 1.42 bits per heavy atom. The van der Waals surface area contributed by atoms with Gasteiger partial charge in [-0.1, -0.05) is 6.07 Å². The highest BCUT2D eigenvalue weighted by Crippen LogP contribution is 2.41. The predicted molar refractivity (Wildman–Crippen MR) is 73.9 cm³/mol. The highest BCUT2D eigenvalue weighted by molar-refractivity contribution is 5.93. The number of amides is 1. The molecule has 4 nitrogen and oxygen atoms in total. The minimum absolute atomic E-state index is 0.0723. The number of hydrogen-bond acceptors (Lipinski definition) is 3. The van der Waals surface area contributed by atoms with Crippen molar-refractivity contribution in [2.75, 3.05) is 19.6 Å². The zero-order chi connectivity index (χ0) is 13.6. The molecule has 102 valence electrons. The van der Waals surface area contributed by atoms with Crippen molar-refractivity contribution in [2.45, 2.75) is 26.3 Å². The molecule has 2 aliphatic heterocycles. The number of nitrogens with one attached hydrogen (secondary N) is 1. The number of carbonyl (C=O) groups excluding carboxylic acids is 1. The Morgan fingerprint density at radius 3 is 2.89 bits per heavy atom. The number of rotatable bonds is 1. The number of carbonyl (C=O) groups is 1. The van der Waals surface area contributed by atoms with E-state index in [0.29, 0.717) is 17.5 Å². The van der Waals surface area contributed by atoms with Gasteiger partial charge < -0.3 is 10.2 Å². The van der Waals surface area contributed by atoms with Gasteiger partial charge in [-0.3, -0.25) is 4.79 Å². The maximum absolute atomic E-state index is 12.7. The SMILES string of the molecule is Cc1cccc(C(=O)N2CC3CNCC3C2(C)C)n1. The van der Waals surface area contributed by atoms with Crippen molar-refractivity contribution in [2.24, 2.45) is 11.8 Å². The molecule has 1 aromatic heterocycles. The van der Waals surface area contributed by atoms with Gasteiger partial charge in [0.1, 0.15) is 5.69 Å². The van der Waals surface area contributed by atoms with Gasteiger partial charge >= 0.3 is 0 Å². The summed E-state index contributed by atoms with van der Waals surface area (Å²) in [6.45, 7) is 9.17. The van der Waals surface area contributed by atoms with E-state index in [1.807, 2.05) is 30.0 Å². The van der Waals surface area contributed by atoms with Crippen LogP contribution >= 0.6 is 0 Å². The second-order valence-corrected chi connectivity index (χ2v) is 6.26. The quantitative estimate of drug-likeness (QED) is 0.830. The summed E-state index contributed by atoms with van der Waals surface area (Å²) in [5.41, 5.74) is 1.38. The molecule has 0 radical (unpaired) electrons. The van der Waals surface area contributed by atoms with E-state index in [0.717, 1.165) is 25.3 Å². The van der Waals surface area contributed by atoms with Gasteiger partial charge in [-0.05, 0) is 44.7 Å². The van der Waals surface area contributed by atoms with Crippen LogP contribution in [0.1, 0.15) is 30.0 Å². The van der Waals surface area contributed by atoms with Crippen LogP contribution in [0.5, 0.6) is 0 Å². The largest absolute Gasteiger partial charge is 0.332 e. The summed E-state index contributed by atoms with van der Waals surface area (Å²) in [5, 5.41) is 3.43. The molecule has 1 N–H and O–H groups in total. The Hall–Kier alpha value is -1.42. The van der Waals surface area contributed by atoms with Gasteiger partial charge in [-0.2, -0.15) is 0 Å². The third kappa shape index (κ3) is 1.94. The van der Waals surface area contributed by atoms with E-state index in [2.05, 4.69) is 24.1 Å². The van der Waals surface area contributed by atoms with Crippen LogP contribution in [0.3, 0.4) is 0 Å². The third-order valence-corrected chi connectivity index (χ3v) is 4.71. The monoisotopic (exact) mass is 259 g/mol. The lowest BCUT2D eigenvalue weighted by Crippen LogP contribution is -2.47. The average molecular weight is 259 g/mol. The number of pyridine rings is 1. The topological polar surface area (TPSA) is 45.2 Å². The Kier molecular flexibility index (Phi) is 2.86. The number of likely N-dealkylation sites (tertiary alicyclic amines) is 1. The van der Waals surface area contributed by atoms with Crippen LogP contribution in [0.25, 0.3) is 0 Å². The van der Waals surface area contributed by atoms with Crippen LogP contribution in [-0.2, 0) is 0 Å². The van der Waals surface area contributed by atoms with Crippen LogP contribution in [0.2, 0.25) is 0 Å². The number of fused-ring (bicyclic) bond motifs is 1. The van der Waals surface area contributed by atoms with E-state index < -0.39 is 0 Å². The van der Waals surface area contributed by atoms with Crippen LogP contribution in [0, 0.1) is 18.8 Å². The van der Waals surface area contributed by atoms with Crippen molar-refractivity contribution < 1.29 is 4.79 Å². The zero-order valence-corrected chi connectivity index (χ0v) is 11.8. The number of aryl methyl sites for hydroxylation is 1. The van der Waals surface area contributed by atoms with Crippen molar-refractivity contribution >= 4 is 5.91 Å². The highest BCUT2D eigenvalue weighted by atomic mass is 16.2.